The van der Waals surface area contributed by atoms with Crippen molar-refractivity contribution in [3.05, 3.63) is 52.9 Å². The van der Waals surface area contributed by atoms with E-state index in [0.717, 1.165) is 5.57 Å². The Morgan fingerprint density at radius 2 is 2.20 bits per heavy atom. The lowest BCUT2D eigenvalue weighted by molar-refractivity contribution is 0.0696. The van der Waals surface area contributed by atoms with Gasteiger partial charge in [-0.15, -0.1) is 0 Å². The van der Waals surface area contributed by atoms with Gasteiger partial charge in [-0.2, -0.15) is 10.4 Å². The summed E-state index contributed by atoms with van der Waals surface area (Å²) >= 11 is 0. The zero-order valence-electron chi connectivity index (χ0n) is 11.2. The Morgan fingerprint density at radius 1 is 1.45 bits per heavy atom. The van der Waals surface area contributed by atoms with Crippen molar-refractivity contribution in [2.24, 2.45) is 0 Å². The number of carboxylic acid groups (broad SMARTS) is 1. The fraction of sp³-hybridized carbons (Fsp3) is 0.133. The van der Waals surface area contributed by atoms with Gasteiger partial charge in [-0.1, -0.05) is 11.6 Å². The molecule has 100 valence electrons. The lowest BCUT2D eigenvalue weighted by Gasteiger charge is -2.06. The molecule has 1 heterocycles. The van der Waals surface area contributed by atoms with Gasteiger partial charge in [0.2, 0.25) is 0 Å². The van der Waals surface area contributed by atoms with Crippen molar-refractivity contribution in [3.63, 3.8) is 0 Å². The van der Waals surface area contributed by atoms with Crippen LogP contribution in [0.15, 0.2) is 36.0 Å². The quantitative estimate of drug-likeness (QED) is 0.927. The summed E-state index contributed by atoms with van der Waals surface area (Å²) in [4.78, 5) is 11.2. The van der Waals surface area contributed by atoms with E-state index in [1.165, 1.54) is 10.9 Å². The summed E-state index contributed by atoms with van der Waals surface area (Å²) in [6.45, 7) is 3.77. The van der Waals surface area contributed by atoms with Crippen LogP contribution in [-0.2, 0) is 0 Å². The molecule has 20 heavy (non-hydrogen) atoms. The van der Waals surface area contributed by atoms with Crippen LogP contribution in [0.2, 0.25) is 0 Å². The molecule has 0 saturated carbocycles. The number of nitrogens with zero attached hydrogens (tertiary/aromatic N) is 3. The van der Waals surface area contributed by atoms with Crippen LogP contribution in [0.3, 0.4) is 0 Å². The van der Waals surface area contributed by atoms with E-state index in [1.54, 1.807) is 30.3 Å². The van der Waals surface area contributed by atoms with Gasteiger partial charge in [-0.05, 0) is 38.1 Å². The minimum Gasteiger partial charge on any atom is -0.478 e. The first-order chi connectivity index (χ1) is 9.52. The van der Waals surface area contributed by atoms with Gasteiger partial charge in [0.05, 0.1) is 29.2 Å². The molecule has 0 saturated heterocycles. The molecule has 0 atom stereocenters. The summed E-state index contributed by atoms with van der Waals surface area (Å²) in [6.07, 6.45) is 3.08. The minimum atomic E-state index is -1.03. The van der Waals surface area contributed by atoms with Crippen LogP contribution < -0.4 is 0 Å². The van der Waals surface area contributed by atoms with Crippen LogP contribution in [0.5, 0.6) is 0 Å². The molecule has 1 aromatic heterocycles. The molecule has 0 fully saturated rings. The van der Waals surface area contributed by atoms with Crippen molar-refractivity contribution in [3.8, 4) is 11.8 Å². The second-order valence-corrected chi connectivity index (χ2v) is 4.54. The zero-order valence-corrected chi connectivity index (χ0v) is 11.2. The molecule has 2 aromatic rings. The fourth-order valence-electron chi connectivity index (χ4n) is 1.85. The number of benzene rings is 1. The molecule has 0 radical (unpaired) electrons. The van der Waals surface area contributed by atoms with Crippen molar-refractivity contribution in [2.45, 2.75) is 13.8 Å². The number of hydrogen-bond acceptors (Lipinski definition) is 3. The van der Waals surface area contributed by atoms with Crippen LogP contribution >= 0.6 is 0 Å². The average molecular weight is 267 g/mol. The van der Waals surface area contributed by atoms with Gasteiger partial charge >= 0.3 is 5.97 Å². The summed E-state index contributed by atoms with van der Waals surface area (Å²) in [7, 11) is 0. The molecule has 0 amide bonds. The van der Waals surface area contributed by atoms with Gasteiger partial charge in [0.25, 0.3) is 0 Å². The molecular weight excluding hydrogens is 254 g/mol. The number of nitriles is 1. The third-order valence-corrected chi connectivity index (χ3v) is 2.68. The number of aromatic carboxylic acids is 1. The predicted molar refractivity (Wildman–Crippen MR) is 74.6 cm³/mol. The number of hydrogen-bond donors (Lipinski definition) is 1. The first kappa shape index (κ1) is 13.6. The lowest BCUT2D eigenvalue weighted by Crippen LogP contribution is -2.03. The normalized spacial score (nSPS) is 9.85. The highest BCUT2D eigenvalue weighted by Gasteiger charge is 2.16. The van der Waals surface area contributed by atoms with Gasteiger partial charge in [0, 0.05) is 0 Å². The van der Waals surface area contributed by atoms with E-state index in [0.29, 0.717) is 16.9 Å². The Kier molecular flexibility index (Phi) is 3.67. The second kappa shape index (κ2) is 5.41. The molecule has 0 aliphatic heterocycles. The van der Waals surface area contributed by atoms with Gasteiger partial charge in [0.15, 0.2) is 0 Å². The Balaban J connectivity index is 2.65. The van der Waals surface area contributed by atoms with E-state index in [2.05, 4.69) is 11.2 Å². The van der Waals surface area contributed by atoms with E-state index in [4.69, 9.17) is 5.26 Å². The summed E-state index contributed by atoms with van der Waals surface area (Å²) in [5.41, 5.74) is 2.74. The highest BCUT2D eigenvalue weighted by Crippen LogP contribution is 2.19. The predicted octanol–water partition coefficient (Wildman–Crippen LogP) is 2.87. The van der Waals surface area contributed by atoms with Gasteiger partial charge in [0.1, 0.15) is 5.56 Å². The summed E-state index contributed by atoms with van der Waals surface area (Å²) < 4.78 is 1.53. The maximum atomic E-state index is 11.2. The molecule has 0 spiro atoms. The van der Waals surface area contributed by atoms with Gasteiger partial charge < -0.3 is 5.11 Å². The minimum absolute atomic E-state index is 0.133. The van der Waals surface area contributed by atoms with Crippen molar-refractivity contribution < 1.29 is 9.90 Å². The third-order valence-electron chi connectivity index (χ3n) is 2.68. The van der Waals surface area contributed by atoms with Crippen LogP contribution in [-0.4, -0.2) is 20.9 Å². The molecule has 1 N–H and O–H groups in total. The van der Waals surface area contributed by atoms with E-state index in [-0.39, 0.29) is 5.56 Å². The Bertz CT molecular complexity index is 732. The van der Waals surface area contributed by atoms with E-state index in [9.17, 15) is 9.90 Å². The maximum Gasteiger partial charge on any atom is 0.339 e. The van der Waals surface area contributed by atoms with Crippen molar-refractivity contribution >= 4 is 12.0 Å². The fourth-order valence-corrected chi connectivity index (χ4v) is 1.85. The van der Waals surface area contributed by atoms with Crippen LogP contribution in [0.25, 0.3) is 11.8 Å². The number of aromatic nitrogens is 2. The zero-order chi connectivity index (χ0) is 14.7. The largest absolute Gasteiger partial charge is 0.478 e. The molecule has 0 aliphatic rings. The molecule has 5 heteroatoms. The topological polar surface area (TPSA) is 78.9 Å². The Hall–Kier alpha value is -2.87. The smallest absolute Gasteiger partial charge is 0.339 e. The lowest BCUT2D eigenvalue weighted by atomic mass is 10.1. The molecule has 0 bridgehead atoms. The van der Waals surface area contributed by atoms with Crippen molar-refractivity contribution in [1.29, 1.82) is 5.26 Å². The number of carboxylic acids is 1. The second-order valence-electron chi connectivity index (χ2n) is 4.54. The SMILES string of the molecule is CC(C)=Cc1c(C(=O)O)cnn1-c1cccc(C#N)c1. The third kappa shape index (κ3) is 2.59. The summed E-state index contributed by atoms with van der Waals surface area (Å²) in [5.74, 6) is -1.03. The van der Waals surface area contributed by atoms with Crippen LogP contribution in [0.1, 0.15) is 35.5 Å². The summed E-state index contributed by atoms with van der Waals surface area (Å²) in [6, 6.07) is 8.93. The molecule has 2 rings (SSSR count). The number of allylic oxidation sites excluding steroid dienone is 1. The summed E-state index contributed by atoms with van der Waals surface area (Å²) in [5, 5.41) is 22.3. The van der Waals surface area contributed by atoms with E-state index < -0.39 is 5.97 Å². The van der Waals surface area contributed by atoms with Gasteiger partial charge in [-0.3, -0.25) is 0 Å². The molecule has 0 unspecified atom stereocenters. The maximum absolute atomic E-state index is 11.2. The number of rotatable bonds is 3. The number of carbonyl (C=O) groups is 1. The highest BCUT2D eigenvalue weighted by atomic mass is 16.4. The van der Waals surface area contributed by atoms with E-state index >= 15 is 0 Å². The van der Waals surface area contributed by atoms with Crippen LogP contribution in [0, 0.1) is 11.3 Å². The molecular formula is C15H13N3O2. The standard InChI is InChI=1S/C15H13N3O2/c1-10(2)6-14-13(15(19)20)9-17-18(14)12-5-3-4-11(7-12)8-16/h3-7,9H,1-2H3,(H,19,20). The van der Waals surface area contributed by atoms with Crippen molar-refractivity contribution in [2.75, 3.05) is 0 Å². The van der Waals surface area contributed by atoms with Crippen molar-refractivity contribution in [1.82, 2.24) is 9.78 Å². The molecule has 1 aromatic carbocycles. The molecule has 5 nitrogen and oxygen atoms in total. The molecule has 0 aliphatic carbocycles. The van der Waals surface area contributed by atoms with E-state index in [1.807, 2.05) is 13.8 Å². The first-order valence-corrected chi connectivity index (χ1v) is 5.99. The Labute approximate surface area is 116 Å². The monoisotopic (exact) mass is 267 g/mol. The van der Waals surface area contributed by atoms with Crippen LogP contribution in [0.4, 0.5) is 0 Å². The highest BCUT2D eigenvalue weighted by molar-refractivity contribution is 5.91. The average Bonchev–Trinajstić information content (AvgIpc) is 2.81. The van der Waals surface area contributed by atoms with Gasteiger partial charge in [-0.25, -0.2) is 9.48 Å². The first-order valence-electron chi connectivity index (χ1n) is 5.99. The Morgan fingerprint density at radius 3 is 2.80 bits per heavy atom.